The zero-order valence-corrected chi connectivity index (χ0v) is 22.2. The van der Waals surface area contributed by atoms with E-state index in [9.17, 15) is 4.79 Å². The van der Waals surface area contributed by atoms with Gasteiger partial charge < -0.3 is 14.4 Å². The number of hydrogen-bond donors (Lipinski definition) is 0. The summed E-state index contributed by atoms with van der Waals surface area (Å²) in [6.07, 6.45) is 4.12. The molecule has 2 aliphatic rings. The summed E-state index contributed by atoms with van der Waals surface area (Å²) < 4.78 is 11.7. The van der Waals surface area contributed by atoms with Gasteiger partial charge in [-0.2, -0.15) is 0 Å². The summed E-state index contributed by atoms with van der Waals surface area (Å²) in [7, 11) is 1.68. The second-order valence-electron chi connectivity index (χ2n) is 10.2. The fraction of sp³-hybridized carbons (Fsp3) is 0.387. The Kier molecular flexibility index (Phi) is 7.56. The van der Waals surface area contributed by atoms with Crippen LogP contribution in [0.3, 0.4) is 0 Å². The van der Waals surface area contributed by atoms with E-state index in [4.69, 9.17) is 9.47 Å². The van der Waals surface area contributed by atoms with Gasteiger partial charge in [-0.25, -0.2) is 0 Å². The molecule has 0 N–H and O–H groups in total. The van der Waals surface area contributed by atoms with Crippen molar-refractivity contribution in [1.29, 1.82) is 0 Å². The number of nitrogens with zero attached hydrogens (tertiary/aromatic N) is 1. The van der Waals surface area contributed by atoms with Gasteiger partial charge >= 0.3 is 0 Å². The van der Waals surface area contributed by atoms with E-state index in [1.54, 1.807) is 18.9 Å². The first-order valence-electron chi connectivity index (χ1n) is 13.0. The van der Waals surface area contributed by atoms with Crippen LogP contribution in [0.5, 0.6) is 11.5 Å². The molecule has 3 aromatic carbocycles. The number of methoxy groups -OCH3 is 1. The lowest BCUT2D eigenvalue weighted by Gasteiger charge is -2.39. The van der Waals surface area contributed by atoms with Gasteiger partial charge in [0.15, 0.2) is 0 Å². The van der Waals surface area contributed by atoms with E-state index in [1.165, 1.54) is 16.0 Å². The molecule has 5 heteroatoms. The Bertz CT molecular complexity index is 1160. The largest absolute Gasteiger partial charge is 0.497 e. The first kappa shape index (κ1) is 24.8. The molecule has 0 aromatic heterocycles. The number of carbonyl (C=O) groups excluding carboxylic acids is 1. The van der Waals surface area contributed by atoms with Crippen LogP contribution in [0.1, 0.15) is 66.9 Å². The van der Waals surface area contributed by atoms with Crippen molar-refractivity contribution in [2.45, 2.75) is 74.3 Å². The molecule has 2 saturated heterocycles. The molecule has 0 saturated carbocycles. The van der Waals surface area contributed by atoms with Crippen LogP contribution in [-0.4, -0.2) is 36.1 Å². The highest BCUT2D eigenvalue weighted by atomic mass is 32.2. The number of benzene rings is 3. The third-order valence-electron chi connectivity index (χ3n) is 7.42. The van der Waals surface area contributed by atoms with Crippen molar-refractivity contribution >= 4 is 17.7 Å². The van der Waals surface area contributed by atoms with Crippen molar-refractivity contribution in [3.63, 3.8) is 0 Å². The summed E-state index contributed by atoms with van der Waals surface area (Å²) in [5, 5.41) is 0. The summed E-state index contributed by atoms with van der Waals surface area (Å²) >= 11 is 1.78. The Morgan fingerprint density at radius 1 is 0.944 bits per heavy atom. The molecule has 0 aliphatic carbocycles. The summed E-state index contributed by atoms with van der Waals surface area (Å²) in [5.74, 6) is 3.33. The van der Waals surface area contributed by atoms with Crippen LogP contribution in [0.15, 0.2) is 77.7 Å². The summed E-state index contributed by atoms with van der Waals surface area (Å²) in [6.45, 7) is 4.41. The van der Waals surface area contributed by atoms with Gasteiger partial charge in [-0.1, -0.05) is 44.2 Å². The van der Waals surface area contributed by atoms with Crippen molar-refractivity contribution in [2.75, 3.05) is 7.11 Å². The van der Waals surface area contributed by atoms with E-state index in [1.807, 2.05) is 30.3 Å². The van der Waals surface area contributed by atoms with Gasteiger partial charge in [0, 0.05) is 41.1 Å². The Balaban J connectivity index is 1.19. The van der Waals surface area contributed by atoms with Crippen molar-refractivity contribution < 1.29 is 14.3 Å². The Morgan fingerprint density at radius 3 is 2.25 bits per heavy atom. The van der Waals surface area contributed by atoms with E-state index in [0.29, 0.717) is 5.92 Å². The zero-order chi connectivity index (χ0) is 25.1. The predicted molar refractivity (Wildman–Crippen MR) is 146 cm³/mol. The van der Waals surface area contributed by atoms with Gasteiger partial charge in [-0.05, 0) is 72.4 Å². The molecule has 0 spiro atoms. The van der Waals surface area contributed by atoms with Gasteiger partial charge in [0.1, 0.15) is 17.6 Å². The topological polar surface area (TPSA) is 38.8 Å². The van der Waals surface area contributed by atoms with Crippen molar-refractivity contribution in [2.24, 2.45) is 0 Å². The molecule has 0 radical (unpaired) electrons. The SMILES string of the molecule is COc1ccc(SCc2ccc(C(=O)N3C4CCC3CC(Oc3ccccc3C(C)C)C4)cc2)cc1. The normalized spacial score (nSPS) is 21.0. The van der Waals surface area contributed by atoms with Crippen molar-refractivity contribution in [3.05, 3.63) is 89.5 Å². The number of para-hydroxylation sites is 1. The highest BCUT2D eigenvalue weighted by Gasteiger charge is 2.44. The first-order chi connectivity index (χ1) is 17.5. The molecular formula is C31H35NO3S. The second kappa shape index (κ2) is 11.0. The molecule has 5 rings (SSSR count). The molecular weight excluding hydrogens is 466 g/mol. The average molecular weight is 502 g/mol. The second-order valence-corrected chi connectivity index (χ2v) is 11.2. The van der Waals surface area contributed by atoms with Crippen LogP contribution in [0.4, 0.5) is 0 Å². The third-order valence-corrected chi connectivity index (χ3v) is 8.51. The summed E-state index contributed by atoms with van der Waals surface area (Å²) in [6, 6.07) is 25.2. The van der Waals surface area contributed by atoms with Crippen LogP contribution in [0.2, 0.25) is 0 Å². The number of rotatable bonds is 8. The summed E-state index contributed by atoms with van der Waals surface area (Å²) in [5.41, 5.74) is 3.26. The maximum absolute atomic E-state index is 13.5. The van der Waals surface area contributed by atoms with Crippen LogP contribution in [0.25, 0.3) is 0 Å². The number of piperidine rings is 1. The molecule has 4 nitrogen and oxygen atoms in total. The summed E-state index contributed by atoms with van der Waals surface area (Å²) in [4.78, 5) is 16.8. The lowest BCUT2D eigenvalue weighted by molar-refractivity contribution is 0.0356. The maximum Gasteiger partial charge on any atom is 0.254 e. The van der Waals surface area contributed by atoms with Crippen LogP contribution < -0.4 is 9.47 Å². The minimum atomic E-state index is 0.165. The Morgan fingerprint density at radius 2 is 1.61 bits per heavy atom. The van der Waals surface area contributed by atoms with Gasteiger partial charge in [-0.3, -0.25) is 4.79 Å². The number of fused-ring (bicyclic) bond motifs is 2. The van der Waals surface area contributed by atoms with E-state index in [-0.39, 0.29) is 24.1 Å². The number of ether oxygens (including phenoxy) is 2. The molecule has 188 valence electrons. The molecule has 2 aliphatic heterocycles. The number of amides is 1. The van der Waals surface area contributed by atoms with E-state index in [2.05, 4.69) is 61.2 Å². The quantitative estimate of drug-likeness (QED) is 0.303. The number of hydrogen-bond acceptors (Lipinski definition) is 4. The first-order valence-corrected chi connectivity index (χ1v) is 13.9. The number of carbonyl (C=O) groups is 1. The van der Waals surface area contributed by atoms with Gasteiger partial charge in [-0.15, -0.1) is 11.8 Å². The molecule has 2 heterocycles. The van der Waals surface area contributed by atoms with Gasteiger partial charge in [0.2, 0.25) is 0 Å². The zero-order valence-electron chi connectivity index (χ0n) is 21.4. The Hall–Kier alpha value is -2.92. The minimum absolute atomic E-state index is 0.165. The lowest BCUT2D eigenvalue weighted by atomic mass is 9.97. The molecule has 3 aromatic rings. The van der Waals surface area contributed by atoms with E-state index >= 15 is 0 Å². The van der Waals surface area contributed by atoms with Gasteiger partial charge in [0.05, 0.1) is 7.11 Å². The predicted octanol–water partition coefficient (Wildman–Crippen LogP) is 7.33. The highest BCUT2D eigenvalue weighted by molar-refractivity contribution is 7.98. The monoisotopic (exact) mass is 501 g/mol. The molecule has 2 atom stereocenters. The lowest BCUT2D eigenvalue weighted by Crippen LogP contribution is -2.49. The van der Waals surface area contributed by atoms with Crippen LogP contribution in [-0.2, 0) is 5.75 Å². The molecule has 1 amide bonds. The standard InChI is InChI=1S/C31H35NO3S/c1-21(2)29-6-4-5-7-30(29)35-27-18-24-12-13-25(19-27)32(24)31(33)23-10-8-22(9-11-23)20-36-28-16-14-26(34-3)15-17-28/h4-11,14-17,21,24-25,27H,12-13,18-20H2,1-3H3. The third kappa shape index (κ3) is 5.41. The highest BCUT2D eigenvalue weighted by Crippen LogP contribution is 2.39. The van der Waals surface area contributed by atoms with E-state index < -0.39 is 0 Å². The van der Waals surface area contributed by atoms with Crippen molar-refractivity contribution in [3.8, 4) is 11.5 Å². The molecule has 2 unspecified atom stereocenters. The van der Waals surface area contributed by atoms with Crippen LogP contribution >= 0.6 is 11.8 Å². The average Bonchev–Trinajstić information content (AvgIpc) is 3.17. The fourth-order valence-electron chi connectivity index (χ4n) is 5.53. The Labute approximate surface area is 219 Å². The number of thioether (sulfide) groups is 1. The van der Waals surface area contributed by atoms with Crippen molar-refractivity contribution in [1.82, 2.24) is 4.90 Å². The smallest absolute Gasteiger partial charge is 0.254 e. The molecule has 2 fully saturated rings. The van der Waals surface area contributed by atoms with E-state index in [0.717, 1.165) is 48.5 Å². The molecule has 2 bridgehead atoms. The minimum Gasteiger partial charge on any atom is -0.497 e. The van der Waals surface area contributed by atoms with Gasteiger partial charge in [0.25, 0.3) is 5.91 Å². The fourth-order valence-corrected chi connectivity index (χ4v) is 6.38. The maximum atomic E-state index is 13.5. The van der Waals surface area contributed by atoms with Crippen LogP contribution in [0, 0.1) is 0 Å². The molecule has 36 heavy (non-hydrogen) atoms.